The van der Waals surface area contributed by atoms with E-state index < -0.39 is 22.0 Å². The van der Waals surface area contributed by atoms with Crippen LogP contribution in [0.3, 0.4) is 0 Å². The van der Waals surface area contributed by atoms with Gasteiger partial charge in [0.05, 0.1) is 17.6 Å². The molecule has 0 aliphatic carbocycles. The largest absolute Gasteiger partial charge is 0.465 e. The maximum absolute atomic E-state index is 12.9. The fourth-order valence-corrected chi connectivity index (χ4v) is 4.40. The maximum atomic E-state index is 12.9. The van der Waals surface area contributed by atoms with Gasteiger partial charge in [0, 0.05) is 6.04 Å². The zero-order valence-electron chi connectivity index (χ0n) is 15.9. The van der Waals surface area contributed by atoms with Crippen LogP contribution >= 0.6 is 0 Å². The van der Waals surface area contributed by atoms with E-state index in [-0.39, 0.29) is 11.5 Å². The Hall–Kier alpha value is -1.88. The molecule has 5 nitrogen and oxygen atoms in total. The Morgan fingerprint density at radius 3 is 2.16 bits per heavy atom. The number of carbonyl (C=O) groups excluding carboxylic acids is 1. The number of hydrogen-bond acceptors (Lipinski definition) is 4. The molecule has 0 radical (unpaired) electrons. The van der Waals surface area contributed by atoms with Gasteiger partial charge in [-0.1, -0.05) is 31.5 Å². The Kier molecular flexibility index (Phi) is 7.17. The second-order valence-electron chi connectivity index (χ2n) is 6.55. The summed E-state index contributed by atoms with van der Waals surface area (Å²) in [6.45, 7) is 10.9. The van der Waals surface area contributed by atoms with Crippen LogP contribution in [0.5, 0.6) is 0 Å². The van der Waals surface area contributed by atoms with E-state index in [9.17, 15) is 13.2 Å². The monoisotopic (exact) mass is 365 g/mol. The van der Waals surface area contributed by atoms with E-state index in [4.69, 9.17) is 0 Å². The van der Waals surface area contributed by atoms with Crippen molar-refractivity contribution in [3.8, 4) is 0 Å². The Morgan fingerprint density at radius 1 is 1.20 bits per heavy atom. The molecule has 0 aliphatic heterocycles. The highest BCUT2D eigenvalue weighted by Gasteiger charge is 2.24. The van der Waals surface area contributed by atoms with E-state index in [1.54, 1.807) is 26.8 Å². The van der Waals surface area contributed by atoms with Crippen LogP contribution in [0.25, 0.3) is 0 Å². The van der Waals surface area contributed by atoms with Crippen molar-refractivity contribution in [2.75, 3.05) is 7.11 Å². The molecule has 1 aromatic carbocycles. The Labute approximate surface area is 150 Å². The third kappa shape index (κ3) is 5.56. The first kappa shape index (κ1) is 21.2. The van der Waals surface area contributed by atoms with Gasteiger partial charge >= 0.3 is 5.97 Å². The normalized spacial score (nSPS) is 12.5. The zero-order chi connectivity index (χ0) is 19.4. The standard InChI is InChI=1S/C19H27NO4S/c1-12(2)17(9-8-14(4)19(21)24-7)20-25(22,23)18-15(5)10-13(3)11-16(18)6/h9-12,17,20H,1-7H3/t8?,17-/m1/s1. The van der Waals surface area contributed by atoms with Crippen LogP contribution < -0.4 is 4.72 Å². The summed E-state index contributed by atoms with van der Waals surface area (Å²) in [5.74, 6) is -0.509. The summed E-state index contributed by atoms with van der Waals surface area (Å²) < 4.78 is 33.1. The number of carbonyl (C=O) groups is 1. The van der Waals surface area contributed by atoms with Gasteiger partial charge in [-0.25, -0.2) is 17.9 Å². The minimum Gasteiger partial charge on any atom is -0.465 e. The molecular weight excluding hydrogens is 338 g/mol. The molecule has 1 N–H and O–H groups in total. The molecule has 6 heteroatoms. The van der Waals surface area contributed by atoms with Crippen LogP contribution in [-0.4, -0.2) is 27.5 Å². The summed E-state index contributed by atoms with van der Waals surface area (Å²) in [7, 11) is -2.41. The molecule has 0 unspecified atom stereocenters. The van der Waals surface area contributed by atoms with Crippen molar-refractivity contribution in [3.05, 3.63) is 46.2 Å². The third-order valence-electron chi connectivity index (χ3n) is 3.85. The number of methoxy groups -OCH3 is 1. The number of hydrogen-bond donors (Lipinski definition) is 1. The van der Waals surface area contributed by atoms with Crippen molar-refractivity contribution in [1.82, 2.24) is 4.72 Å². The molecule has 138 valence electrons. The lowest BCUT2D eigenvalue weighted by atomic mass is 10.1. The zero-order valence-corrected chi connectivity index (χ0v) is 16.7. The average Bonchev–Trinajstić information content (AvgIpc) is 2.48. The first-order valence-corrected chi connectivity index (χ1v) is 9.59. The highest BCUT2D eigenvalue weighted by atomic mass is 32.2. The molecule has 1 aromatic rings. The van der Waals surface area contributed by atoms with Crippen molar-refractivity contribution in [2.24, 2.45) is 5.92 Å². The van der Waals surface area contributed by atoms with Gasteiger partial charge in [-0.2, -0.15) is 0 Å². The number of sulfonamides is 1. The fraction of sp³-hybridized carbons (Fsp3) is 0.474. The van der Waals surface area contributed by atoms with Crippen LogP contribution in [0.2, 0.25) is 0 Å². The summed E-state index contributed by atoms with van der Waals surface area (Å²) in [6, 6.07) is 3.20. The number of rotatable bonds is 6. The van der Waals surface area contributed by atoms with Gasteiger partial charge in [0.25, 0.3) is 0 Å². The minimum atomic E-state index is -3.70. The van der Waals surface area contributed by atoms with Crippen molar-refractivity contribution in [2.45, 2.75) is 52.5 Å². The third-order valence-corrected chi connectivity index (χ3v) is 5.62. The lowest BCUT2D eigenvalue weighted by molar-refractivity contribution is -0.136. The van der Waals surface area contributed by atoms with Gasteiger partial charge in [-0.3, -0.25) is 0 Å². The van der Waals surface area contributed by atoms with E-state index >= 15 is 0 Å². The first-order valence-electron chi connectivity index (χ1n) is 8.11. The van der Waals surface area contributed by atoms with Crippen molar-refractivity contribution >= 4 is 16.0 Å². The predicted molar refractivity (Wildman–Crippen MR) is 98.9 cm³/mol. The minimum absolute atomic E-state index is 0.0150. The summed E-state index contributed by atoms with van der Waals surface area (Å²) in [4.78, 5) is 11.7. The highest BCUT2D eigenvalue weighted by Crippen LogP contribution is 2.22. The van der Waals surface area contributed by atoms with Crippen LogP contribution in [0.15, 0.2) is 34.4 Å². The van der Waals surface area contributed by atoms with Gasteiger partial charge in [-0.15, -0.1) is 5.73 Å². The number of esters is 1. The molecular formula is C19H27NO4S. The molecule has 0 spiro atoms. The van der Waals surface area contributed by atoms with Crippen LogP contribution in [-0.2, 0) is 19.6 Å². The summed E-state index contributed by atoms with van der Waals surface area (Å²) in [5, 5.41) is 0. The van der Waals surface area contributed by atoms with Gasteiger partial charge in [0.1, 0.15) is 0 Å². The summed E-state index contributed by atoms with van der Waals surface area (Å²) in [6.07, 6.45) is 1.56. The van der Waals surface area contributed by atoms with Gasteiger partial charge in [0.2, 0.25) is 10.0 Å². The van der Waals surface area contributed by atoms with Crippen molar-refractivity contribution < 1.29 is 17.9 Å². The number of benzene rings is 1. The van der Waals surface area contributed by atoms with Crippen molar-refractivity contribution in [1.29, 1.82) is 0 Å². The molecule has 0 amide bonds. The highest BCUT2D eigenvalue weighted by molar-refractivity contribution is 7.89. The second-order valence-corrected chi connectivity index (χ2v) is 8.20. The maximum Gasteiger partial charge on any atom is 0.341 e. The average molecular weight is 365 g/mol. The SMILES string of the molecule is COC(=O)C(C)=C=C[C@@H](NS(=O)(=O)c1c(C)cc(C)cc1C)C(C)C. The molecule has 0 aliphatic rings. The molecule has 0 heterocycles. The van der Waals surface area contributed by atoms with E-state index in [0.717, 1.165) is 5.56 Å². The number of nitrogens with one attached hydrogen (secondary N) is 1. The van der Waals surface area contributed by atoms with E-state index in [2.05, 4.69) is 15.2 Å². The topological polar surface area (TPSA) is 72.5 Å². The molecule has 0 aromatic heterocycles. The summed E-state index contributed by atoms with van der Waals surface area (Å²) >= 11 is 0. The van der Waals surface area contributed by atoms with E-state index in [0.29, 0.717) is 16.0 Å². The van der Waals surface area contributed by atoms with Crippen LogP contribution in [0.1, 0.15) is 37.5 Å². The molecule has 0 bridgehead atoms. The number of ether oxygens (including phenoxy) is 1. The molecule has 0 saturated heterocycles. The number of aryl methyl sites for hydroxylation is 3. The first-order chi connectivity index (χ1) is 11.5. The Balaban J connectivity index is 3.27. The van der Waals surface area contributed by atoms with Crippen molar-refractivity contribution in [3.63, 3.8) is 0 Å². The molecule has 1 rings (SSSR count). The fourth-order valence-electron chi connectivity index (χ4n) is 2.62. The second kappa shape index (κ2) is 8.48. The molecule has 1 atom stereocenters. The molecule has 0 saturated carbocycles. The lowest BCUT2D eigenvalue weighted by Crippen LogP contribution is -2.37. The van der Waals surface area contributed by atoms with Gasteiger partial charge in [-0.05, 0) is 50.8 Å². The summed E-state index contributed by atoms with van der Waals surface area (Å²) in [5.41, 5.74) is 5.54. The predicted octanol–water partition coefficient (Wildman–Crippen LogP) is 3.19. The van der Waals surface area contributed by atoms with Gasteiger partial charge < -0.3 is 4.74 Å². The van der Waals surface area contributed by atoms with Gasteiger partial charge in [0.15, 0.2) is 0 Å². The lowest BCUT2D eigenvalue weighted by Gasteiger charge is -2.20. The Bertz CT molecular complexity index is 793. The van der Waals surface area contributed by atoms with E-state index in [1.807, 2.05) is 32.9 Å². The Morgan fingerprint density at radius 2 is 1.72 bits per heavy atom. The molecule has 25 heavy (non-hydrogen) atoms. The van der Waals surface area contributed by atoms with Crippen LogP contribution in [0, 0.1) is 26.7 Å². The van der Waals surface area contributed by atoms with Crippen LogP contribution in [0.4, 0.5) is 0 Å². The van der Waals surface area contributed by atoms with E-state index in [1.165, 1.54) is 7.11 Å². The molecule has 0 fully saturated rings. The smallest absolute Gasteiger partial charge is 0.341 e. The quantitative estimate of drug-likeness (QED) is 0.477.